The molecule has 0 spiro atoms. The monoisotopic (exact) mass is 277 g/mol. The summed E-state index contributed by atoms with van der Waals surface area (Å²) in [6.45, 7) is 8.64. The van der Waals surface area contributed by atoms with Gasteiger partial charge in [-0.05, 0) is 56.6 Å². The number of aliphatic hydroxyl groups excluding tert-OH is 1. The molecule has 1 aliphatic carbocycles. The third kappa shape index (κ3) is 3.28. The van der Waals surface area contributed by atoms with Gasteiger partial charge in [-0.15, -0.1) is 0 Å². The Balaban J connectivity index is 1.94. The molecule has 1 aromatic heterocycles. The van der Waals surface area contributed by atoms with Crippen LogP contribution in [0.3, 0.4) is 0 Å². The van der Waals surface area contributed by atoms with Gasteiger partial charge in [-0.1, -0.05) is 39.0 Å². The van der Waals surface area contributed by atoms with Crippen molar-refractivity contribution in [3.63, 3.8) is 0 Å². The van der Waals surface area contributed by atoms with Gasteiger partial charge in [0.05, 0.1) is 6.10 Å². The fraction of sp³-hybridized carbons (Fsp3) is 0.778. The summed E-state index contributed by atoms with van der Waals surface area (Å²) in [5, 5.41) is 10.7. The van der Waals surface area contributed by atoms with Gasteiger partial charge in [-0.25, -0.2) is 0 Å². The van der Waals surface area contributed by atoms with Gasteiger partial charge in [0.1, 0.15) is 0 Å². The van der Waals surface area contributed by atoms with Crippen LogP contribution in [0.25, 0.3) is 0 Å². The molecular weight excluding hydrogens is 246 g/mol. The van der Waals surface area contributed by atoms with E-state index in [1.54, 1.807) is 0 Å². The van der Waals surface area contributed by atoms with E-state index in [2.05, 4.69) is 32.7 Å². The average molecular weight is 277 g/mol. The molecule has 114 valence electrons. The molecule has 1 atom stereocenters. The Morgan fingerprint density at radius 1 is 1.10 bits per heavy atom. The number of H-pyrrole nitrogens is 1. The molecule has 0 radical (unpaired) electrons. The average Bonchev–Trinajstić information content (AvgIpc) is 2.72. The Kier molecular flexibility index (Phi) is 5.31. The molecule has 1 saturated carbocycles. The van der Waals surface area contributed by atoms with Crippen molar-refractivity contribution < 1.29 is 5.11 Å². The van der Waals surface area contributed by atoms with E-state index < -0.39 is 0 Å². The summed E-state index contributed by atoms with van der Waals surface area (Å²) in [4.78, 5) is 3.41. The molecule has 2 heteroatoms. The van der Waals surface area contributed by atoms with Crippen molar-refractivity contribution in [2.24, 2.45) is 11.8 Å². The number of nitrogens with one attached hydrogen (secondary N) is 1. The maximum absolute atomic E-state index is 10.7. The van der Waals surface area contributed by atoms with Gasteiger partial charge in [0.2, 0.25) is 0 Å². The lowest BCUT2D eigenvalue weighted by Crippen LogP contribution is -2.21. The third-order valence-corrected chi connectivity index (χ3v) is 5.45. The summed E-state index contributed by atoms with van der Waals surface area (Å²) in [6, 6.07) is 0. The number of unbranched alkanes of at least 4 members (excludes halogenated alkanes) is 1. The first-order valence-corrected chi connectivity index (χ1v) is 8.38. The van der Waals surface area contributed by atoms with Crippen molar-refractivity contribution in [3.05, 3.63) is 22.5 Å². The Morgan fingerprint density at radius 3 is 2.25 bits per heavy atom. The van der Waals surface area contributed by atoms with E-state index in [0.29, 0.717) is 5.92 Å². The molecular formula is C18H31NO. The van der Waals surface area contributed by atoms with Crippen molar-refractivity contribution in [3.8, 4) is 0 Å². The van der Waals surface area contributed by atoms with Gasteiger partial charge in [0.25, 0.3) is 0 Å². The van der Waals surface area contributed by atoms with Crippen LogP contribution in [0.1, 0.15) is 80.5 Å². The predicted octanol–water partition coefficient (Wildman–Crippen LogP) is 4.97. The van der Waals surface area contributed by atoms with Gasteiger partial charge in [0, 0.05) is 11.4 Å². The summed E-state index contributed by atoms with van der Waals surface area (Å²) in [7, 11) is 0. The van der Waals surface area contributed by atoms with Gasteiger partial charge in [0.15, 0.2) is 0 Å². The topological polar surface area (TPSA) is 36.0 Å². The highest BCUT2D eigenvalue weighted by Crippen LogP contribution is 2.39. The number of aryl methyl sites for hydroxylation is 1. The second-order valence-electron chi connectivity index (χ2n) is 6.78. The summed E-state index contributed by atoms with van der Waals surface area (Å²) < 4.78 is 0. The van der Waals surface area contributed by atoms with Crippen LogP contribution in [0.5, 0.6) is 0 Å². The number of aliphatic hydroxyl groups is 1. The Hall–Kier alpha value is -0.760. The van der Waals surface area contributed by atoms with Crippen LogP contribution in [0.2, 0.25) is 0 Å². The highest BCUT2D eigenvalue weighted by atomic mass is 16.3. The van der Waals surface area contributed by atoms with E-state index in [-0.39, 0.29) is 6.10 Å². The molecule has 2 nitrogen and oxygen atoms in total. The molecule has 1 aliphatic rings. The minimum Gasteiger partial charge on any atom is -0.387 e. The summed E-state index contributed by atoms with van der Waals surface area (Å²) in [5.41, 5.74) is 4.82. The van der Waals surface area contributed by atoms with Gasteiger partial charge < -0.3 is 10.1 Å². The van der Waals surface area contributed by atoms with Crippen LogP contribution < -0.4 is 0 Å². The van der Waals surface area contributed by atoms with Crippen LogP contribution in [0, 0.1) is 32.6 Å². The van der Waals surface area contributed by atoms with Crippen LogP contribution >= 0.6 is 0 Å². The van der Waals surface area contributed by atoms with E-state index in [1.165, 1.54) is 61.8 Å². The Morgan fingerprint density at radius 2 is 1.75 bits per heavy atom. The molecule has 2 N–H and O–H groups in total. The number of aromatic nitrogens is 1. The first-order chi connectivity index (χ1) is 9.54. The Bertz CT molecular complexity index is 427. The molecule has 0 amide bonds. The van der Waals surface area contributed by atoms with E-state index in [1.807, 2.05) is 0 Å². The van der Waals surface area contributed by atoms with Gasteiger partial charge in [-0.3, -0.25) is 0 Å². The zero-order valence-corrected chi connectivity index (χ0v) is 13.6. The zero-order valence-electron chi connectivity index (χ0n) is 13.6. The van der Waals surface area contributed by atoms with Crippen molar-refractivity contribution in [2.75, 3.05) is 0 Å². The van der Waals surface area contributed by atoms with Crippen LogP contribution in [0.15, 0.2) is 0 Å². The third-order valence-electron chi connectivity index (χ3n) is 5.45. The molecule has 1 fully saturated rings. The van der Waals surface area contributed by atoms with Gasteiger partial charge >= 0.3 is 0 Å². The largest absolute Gasteiger partial charge is 0.387 e. The van der Waals surface area contributed by atoms with Crippen molar-refractivity contribution >= 4 is 0 Å². The van der Waals surface area contributed by atoms with Crippen LogP contribution in [-0.2, 0) is 0 Å². The molecule has 0 aromatic carbocycles. The summed E-state index contributed by atoms with van der Waals surface area (Å²) in [5.74, 6) is 1.36. The Labute approximate surface area is 124 Å². The smallest absolute Gasteiger partial charge is 0.0968 e. The number of hydrogen-bond acceptors (Lipinski definition) is 1. The second-order valence-corrected chi connectivity index (χ2v) is 6.78. The fourth-order valence-corrected chi connectivity index (χ4v) is 3.69. The highest BCUT2D eigenvalue weighted by molar-refractivity contribution is 5.35. The molecule has 1 aromatic rings. The predicted molar refractivity (Wildman–Crippen MR) is 84.9 cm³/mol. The SMILES string of the molecule is CCCCC1CCC(C(O)c2[nH]c(C)c(C)c2C)CC1. The molecule has 0 bridgehead atoms. The molecule has 1 unspecified atom stereocenters. The molecule has 0 aliphatic heterocycles. The quantitative estimate of drug-likeness (QED) is 0.783. The normalized spacial score (nSPS) is 24.9. The number of aromatic amines is 1. The van der Waals surface area contributed by atoms with E-state index in [4.69, 9.17) is 0 Å². The molecule has 20 heavy (non-hydrogen) atoms. The standard InChI is InChI=1S/C18H31NO/c1-5-6-7-15-8-10-16(11-9-15)18(20)17-13(3)12(2)14(4)19-17/h15-16,18-20H,5-11H2,1-4H3. The molecule has 0 saturated heterocycles. The highest BCUT2D eigenvalue weighted by Gasteiger charge is 2.29. The molecule has 2 rings (SSSR count). The van der Waals surface area contributed by atoms with E-state index in [9.17, 15) is 5.11 Å². The zero-order chi connectivity index (χ0) is 14.7. The summed E-state index contributed by atoms with van der Waals surface area (Å²) in [6.07, 6.45) is 8.75. The maximum atomic E-state index is 10.7. The van der Waals surface area contributed by atoms with Crippen LogP contribution in [0.4, 0.5) is 0 Å². The maximum Gasteiger partial charge on any atom is 0.0968 e. The lowest BCUT2D eigenvalue weighted by Gasteiger charge is -2.31. The van der Waals surface area contributed by atoms with Crippen molar-refractivity contribution in [1.29, 1.82) is 0 Å². The lowest BCUT2D eigenvalue weighted by molar-refractivity contribution is 0.0685. The molecule has 1 heterocycles. The van der Waals surface area contributed by atoms with Crippen LogP contribution in [-0.4, -0.2) is 10.1 Å². The number of hydrogen-bond donors (Lipinski definition) is 2. The van der Waals surface area contributed by atoms with Crippen molar-refractivity contribution in [1.82, 2.24) is 4.98 Å². The van der Waals surface area contributed by atoms with Gasteiger partial charge in [-0.2, -0.15) is 0 Å². The summed E-state index contributed by atoms with van der Waals surface area (Å²) >= 11 is 0. The minimum absolute atomic E-state index is 0.297. The van der Waals surface area contributed by atoms with E-state index >= 15 is 0 Å². The van der Waals surface area contributed by atoms with Crippen molar-refractivity contribution in [2.45, 2.75) is 78.7 Å². The van der Waals surface area contributed by atoms with E-state index in [0.717, 1.165) is 11.6 Å². The fourth-order valence-electron chi connectivity index (χ4n) is 3.69. The first kappa shape index (κ1) is 15.6. The first-order valence-electron chi connectivity index (χ1n) is 8.38. The minimum atomic E-state index is -0.297. The number of rotatable bonds is 5. The second kappa shape index (κ2) is 6.80. The lowest BCUT2D eigenvalue weighted by atomic mass is 9.77.